The molecule has 0 aliphatic rings. The molecule has 1 amide bonds. The van der Waals surface area contributed by atoms with Crippen LogP contribution in [0.4, 0.5) is 0 Å². The van der Waals surface area contributed by atoms with Crippen LogP contribution in [0.1, 0.15) is 29.3 Å². The van der Waals surface area contributed by atoms with E-state index in [1.807, 2.05) is 36.0 Å². The summed E-state index contributed by atoms with van der Waals surface area (Å²) < 4.78 is 0. The molecule has 1 rings (SSSR count). The van der Waals surface area contributed by atoms with Gasteiger partial charge in [0.1, 0.15) is 0 Å². The number of benzene rings is 1. The minimum atomic E-state index is 0. The molecule has 0 unspecified atom stereocenters. The summed E-state index contributed by atoms with van der Waals surface area (Å²) in [6.45, 7) is 4.41. The Morgan fingerprint density at radius 1 is 1.21 bits per heavy atom. The largest absolute Gasteiger partial charge is 0.357 e. The predicted octanol–water partition coefficient (Wildman–Crippen LogP) is 2.81. The number of carbonyl (C=O) groups is 1. The molecule has 0 bridgehead atoms. The summed E-state index contributed by atoms with van der Waals surface area (Å²) in [6.07, 6.45) is 3.23. The lowest BCUT2D eigenvalue weighted by atomic mass is 10.1. The molecule has 1 aromatic rings. The van der Waals surface area contributed by atoms with Gasteiger partial charge in [-0.05, 0) is 43.0 Å². The smallest absolute Gasteiger partial charge is 0.253 e. The van der Waals surface area contributed by atoms with Crippen LogP contribution >= 0.6 is 35.7 Å². The predicted molar refractivity (Wildman–Crippen MR) is 116 cm³/mol. The van der Waals surface area contributed by atoms with E-state index >= 15 is 0 Å². The average molecular weight is 464 g/mol. The van der Waals surface area contributed by atoms with Gasteiger partial charge in [0.2, 0.25) is 0 Å². The summed E-state index contributed by atoms with van der Waals surface area (Å²) in [6, 6.07) is 7.62. The summed E-state index contributed by atoms with van der Waals surface area (Å²) >= 11 is 1.85. The molecule has 0 saturated carbocycles. The first-order valence-corrected chi connectivity index (χ1v) is 9.29. The fourth-order valence-electron chi connectivity index (χ4n) is 1.95. The van der Waals surface area contributed by atoms with Crippen molar-refractivity contribution in [1.82, 2.24) is 15.5 Å². The second kappa shape index (κ2) is 13.3. The van der Waals surface area contributed by atoms with Gasteiger partial charge >= 0.3 is 0 Å². The third-order valence-electron chi connectivity index (χ3n) is 3.19. The lowest BCUT2D eigenvalue weighted by Gasteiger charge is -2.12. The maximum Gasteiger partial charge on any atom is 0.253 e. The third-order valence-corrected chi connectivity index (χ3v) is 3.89. The molecule has 136 valence electrons. The van der Waals surface area contributed by atoms with Gasteiger partial charge in [-0.1, -0.05) is 12.1 Å². The molecular formula is C17H29IN4OS. The topological polar surface area (TPSA) is 56.7 Å². The SMILES string of the molecule is CCNC(=NCc1ccc(C(=O)N(C)C)cc1)NCCCSC.I. The Morgan fingerprint density at radius 2 is 1.88 bits per heavy atom. The number of nitrogens with one attached hydrogen (secondary N) is 2. The Labute approximate surface area is 167 Å². The monoisotopic (exact) mass is 464 g/mol. The second-order valence-electron chi connectivity index (χ2n) is 5.36. The van der Waals surface area contributed by atoms with E-state index in [-0.39, 0.29) is 29.9 Å². The Bertz CT molecular complexity index is 506. The molecule has 0 fully saturated rings. The van der Waals surface area contributed by atoms with E-state index in [2.05, 4.69) is 28.8 Å². The number of rotatable bonds is 8. The Balaban J connectivity index is 0.00000529. The van der Waals surface area contributed by atoms with Gasteiger partial charge in [0, 0.05) is 32.7 Å². The quantitative estimate of drug-likeness (QED) is 0.269. The average Bonchev–Trinajstić information content (AvgIpc) is 2.56. The number of carbonyl (C=O) groups excluding carboxylic acids is 1. The summed E-state index contributed by atoms with van der Waals surface area (Å²) in [5.41, 5.74) is 1.78. The highest BCUT2D eigenvalue weighted by molar-refractivity contribution is 14.0. The Morgan fingerprint density at radius 3 is 2.42 bits per heavy atom. The van der Waals surface area contributed by atoms with E-state index in [9.17, 15) is 4.79 Å². The number of hydrogen-bond acceptors (Lipinski definition) is 3. The van der Waals surface area contributed by atoms with Gasteiger partial charge in [-0.15, -0.1) is 24.0 Å². The minimum absolute atomic E-state index is 0. The van der Waals surface area contributed by atoms with Crippen LogP contribution < -0.4 is 10.6 Å². The normalized spacial score (nSPS) is 10.8. The van der Waals surface area contributed by atoms with Gasteiger partial charge in [-0.3, -0.25) is 4.79 Å². The second-order valence-corrected chi connectivity index (χ2v) is 6.35. The van der Waals surface area contributed by atoms with Crippen molar-refractivity contribution in [2.24, 2.45) is 4.99 Å². The molecule has 0 aromatic heterocycles. The highest BCUT2D eigenvalue weighted by Crippen LogP contribution is 2.07. The number of hydrogen-bond donors (Lipinski definition) is 2. The zero-order valence-corrected chi connectivity index (χ0v) is 18.1. The van der Waals surface area contributed by atoms with E-state index < -0.39 is 0 Å². The minimum Gasteiger partial charge on any atom is -0.357 e. The van der Waals surface area contributed by atoms with Gasteiger partial charge in [0.25, 0.3) is 5.91 Å². The molecule has 0 saturated heterocycles. The summed E-state index contributed by atoms with van der Waals surface area (Å²) in [5, 5.41) is 6.58. The van der Waals surface area contributed by atoms with E-state index in [0.717, 1.165) is 36.8 Å². The Kier molecular flexibility index (Phi) is 12.8. The van der Waals surface area contributed by atoms with Crippen LogP contribution in [0.3, 0.4) is 0 Å². The fourth-order valence-corrected chi connectivity index (χ4v) is 2.38. The van der Waals surface area contributed by atoms with Crippen molar-refractivity contribution >= 4 is 47.6 Å². The van der Waals surface area contributed by atoms with E-state index in [4.69, 9.17) is 0 Å². The van der Waals surface area contributed by atoms with Crippen molar-refractivity contribution in [2.75, 3.05) is 39.2 Å². The summed E-state index contributed by atoms with van der Waals surface area (Å²) in [7, 11) is 3.51. The van der Waals surface area contributed by atoms with Gasteiger partial charge in [0.15, 0.2) is 5.96 Å². The van der Waals surface area contributed by atoms with Crippen LogP contribution in [-0.2, 0) is 6.54 Å². The van der Waals surface area contributed by atoms with Crippen molar-refractivity contribution in [2.45, 2.75) is 19.9 Å². The van der Waals surface area contributed by atoms with Gasteiger partial charge in [0.05, 0.1) is 6.54 Å². The van der Waals surface area contributed by atoms with E-state index in [1.54, 1.807) is 19.0 Å². The van der Waals surface area contributed by atoms with Crippen LogP contribution in [0.25, 0.3) is 0 Å². The van der Waals surface area contributed by atoms with Crippen molar-refractivity contribution < 1.29 is 4.79 Å². The standard InChI is InChI=1S/C17H28N4OS.HI/c1-5-18-17(19-11-6-12-23-4)20-13-14-7-9-15(10-8-14)16(22)21(2)3;/h7-10H,5-6,11-13H2,1-4H3,(H2,18,19,20);1H. The van der Waals surface area contributed by atoms with Crippen LogP contribution in [0.2, 0.25) is 0 Å². The van der Waals surface area contributed by atoms with Gasteiger partial charge in [-0.25, -0.2) is 4.99 Å². The number of halogens is 1. The molecule has 0 heterocycles. The summed E-state index contributed by atoms with van der Waals surface area (Å²) in [4.78, 5) is 18.0. The van der Waals surface area contributed by atoms with Crippen LogP contribution in [-0.4, -0.2) is 56.0 Å². The van der Waals surface area contributed by atoms with Crippen molar-refractivity contribution in [3.8, 4) is 0 Å². The van der Waals surface area contributed by atoms with Gasteiger partial charge < -0.3 is 15.5 Å². The van der Waals surface area contributed by atoms with Crippen molar-refractivity contribution in [3.05, 3.63) is 35.4 Å². The lowest BCUT2D eigenvalue weighted by Crippen LogP contribution is -2.37. The number of amides is 1. The number of guanidine groups is 1. The highest BCUT2D eigenvalue weighted by atomic mass is 127. The first kappa shape index (κ1) is 23.0. The molecule has 0 aliphatic heterocycles. The van der Waals surface area contributed by atoms with Crippen LogP contribution in [0.15, 0.2) is 29.3 Å². The molecule has 0 atom stereocenters. The first-order chi connectivity index (χ1) is 11.1. The molecule has 24 heavy (non-hydrogen) atoms. The molecule has 2 N–H and O–H groups in total. The van der Waals surface area contributed by atoms with Crippen LogP contribution in [0, 0.1) is 0 Å². The maximum atomic E-state index is 11.9. The van der Waals surface area contributed by atoms with Crippen LogP contribution in [0.5, 0.6) is 0 Å². The summed E-state index contributed by atoms with van der Waals surface area (Å²) in [5.74, 6) is 2.00. The number of nitrogens with zero attached hydrogens (tertiary/aromatic N) is 2. The number of aliphatic imine (C=N–C) groups is 1. The molecule has 0 spiro atoms. The lowest BCUT2D eigenvalue weighted by molar-refractivity contribution is 0.0827. The molecule has 1 aromatic carbocycles. The van der Waals surface area contributed by atoms with Crippen molar-refractivity contribution in [1.29, 1.82) is 0 Å². The molecule has 0 radical (unpaired) electrons. The number of thioether (sulfide) groups is 1. The van der Waals surface area contributed by atoms with E-state index in [0.29, 0.717) is 12.1 Å². The molecule has 0 aliphatic carbocycles. The molecule has 5 nitrogen and oxygen atoms in total. The molecular weight excluding hydrogens is 435 g/mol. The van der Waals surface area contributed by atoms with E-state index in [1.165, 1.54) is 0 Å². The zero-order valence-electron chi connectivity index (χ0n) is 15.0. The van der Waals surface area contributed by atoms with Gasteiger partial charge in [-0.2, -0.15) is 11.8 Å². The Hall–Kier alpha value is -0.960. The zero-order chi connectivity index (χ0) is 17.1. The third kappa shape index (κ3) is 8.77. The fraction of sp³-hybridized carbons (Fsp3) is 0.529. The highest BCUT2D eigenvalue weighted by Gasteiger charge is 2.07. The van der Waals surface area contributed by atoms with Crippen molar-refractivity contribution in [3.63, 3.8) is 0 Å². The maximum absolute atomic E-state index is 11.9. The first-order valence-electron chi connectivity index (χ1n) is 7.90. The molecule has 7 heteroatoms.